The summed E-state index contributed by atoms with van der Waals surface area (Å²) in [6.45, 7) is 2.65. The second kappa shape index (κ2) is 8.30. The molecule has 0 fully saturated rings. The number of para-hydroxylation sites is 1. The molecule has 0 saturated heterocycles. The molecule has 128 valence electrons. The molecule has 25 heavy (non-hydrogen) atoms. The van der Waals surface area contributed by atoms with Crippen molar-refractivity contribution in [3.05, 3.63) is 70.7 Å². The van der Waals surface area contributed by atoms with Crippen LogP contribution in [0.1, 0.15) is 9.88 Å². The summed E-state index contributed by atoms with van der Waals surface area (Å²) >= 11 is 1.69. The van der Waals surface area contributed by atoms with Crippen LogP contribution in [0.25, 0.3) is 0 Å². The number of nitrogens with two attached hydrogens (primary N) is 1. The maximum atomic E-state index is 5.96. The zero-order valence-corrected chi connectivity index (χ0v) is 14.8. The highest BCUT2D eigenvalue weighted by molar-refractivity contribution is 7.11. The van der Waals surface area contributed by atoms with Crippen LogP contribution in [0.15, 0.2) is 65.8 Å². The topological polar surface area (TPSA) is 72.5 Å². The van der Waals surface area contributed by atoms with Gasteiger partial charge in [0.05, 0.1) is 5.01 Å². The van der Waals surface area contributed by atoms with E-state index >= 15 is 0 Å². The molecular weight excluding hydrogens is 332 g/mol. The minimum absolute atomic E-state index is 0.380. The van der Waals surface area contributed by atoms with Gasteiger partial charge in [-0.3, -0.25) is 4.99 Å². The number of ether oxygens (including phenoxy) is 1. The zero-order valence-electron chi connectivity index (χ0n) is 14.0. The third-order valence-corrected chi connectivity index (χ3v) is 4.33. The van der Waals surface area contributed by atoms with Gasteiger partial charge in [0.1, 0.15) is 11.5 Å². The molecule has 5 nitrogen and oxygen atoms in total. The first-order valence-electron chi connectivity index (χ1n) is 8.00. The number of nitrogens with zero attached hydrogens (tertiary/aromatic N) is 2. The Morgan fingerprint density at radius 2 is 1.96 bits per heavy atom. The first kappa shape index (κ1) is 17.0. The summed E-state index contributed by atoms with van der Waals surface area (Å²) in [5, 5.41) is 4.17. The van der Waals surface area contributed by atoms with E-state index in [9.17, 15) is 0 Å². The molecule has 1 heterocycles. The number of hydrogen-bond acceptors (Lipinski definition) is 4. The summed E-state index contributed by atoms with van der Waals surface area (Å²) in [5.41, 5.74) is 6.79. The number of aromatic nitrogens is 1. The van der Waals surface area contributed by atoms with Gasteiger partial charge in [0.25, 0.3) is 0 Å². The highest BCUT2D eigenvalue weighted by Crippen LogP contribution is 2.23. The van der Waals surface area contributed by atoms with E-state index in [1.807, 2.05) is 67.7 Å². The van der Waals surface area contributed by atoms with Crippen LogP contribution in [0.2, 0.25) is 0 Å². The highest BCUT2D eigenvalue weighted by Gasteiger charge is 2.01. The molecule has 0 bridgehead atoms. The van der Waals surface area contributed by atoms with E-state index in [2.05, 4.69) is 15.3 Å². The molecule has 0 aliphatic carbocycles. The Labute approximate surface area is 151 Å². The minimum atomic E-state index is 0.380. The Morgan fingerprint density at radius 1 is 1.16 bits per heavy atom. The number of thiazole rings is 1. The summed E-state index contributed by atoms with van der Waals surface area (Å²) in [7, 11) is 0. The smallest absolute Gasteiger partial charge is 0.193 e. The average molecular weight is 352 g/mol. The van der Waals surface area contributed by atoms with Gasteiger partial charge in [-0.1, -0.05) is 24.3 Å². The van der Waals surface area contributed by atoms with Gasteiger partial charge in [-0.05, 0) is 31.2 Å². The highest BCUT2D eigenvalue weighted by atomic mass is 32.1. The lowest BCUT2D eigenvalue weighted by molar-refractivity contribution is 0.483. The SMILES string of the molecule is Cc1cnc(CCN=C(N)Nc2cccc(Oc3ccccc3)c2)s1. The summed E-state index contributed by atoms with van der Waals surface area (Å²) in [4.78, 5) is 9.88. The quantitative estimate of drug-likeness (QED) is 0.515. The van der Waals surface area contributed by atoms with Gasteiger partial charge in [0, 0.05) is 35.8 Å². The molecule has 0 unspecified atom stereocenters. The summed E-state index contributed by atoms with van der Waals surface area (Å²) in [6, 6.07) is 17.3. The molecule has 3 aromatic rings. The predicted molar refractivity (Wildman–Crippen MR) is 104 cm³/mol. The molecular formula is C19H20N4OS. The van der Waals surface area contributed by atoms with E-state index in [-0.39, 0.29) is 0 Å². The fraction of sp³-hybridized carbons (Fsp3) is 0.158. The van der Waals surface area contributed by atoms with Crippen LogP contribution < -0.4 is 15.8 Å². The number of rotatable bonds is 6. The fourth-order valence-corrected chi connectivity index (χ4v) is 3.01. The van der Waals surface area contributed by atoms with Crippen molar-refractivity contribution in [3.63, 3.8) is 0 Å². The molecule has 3 rings (SSSR count). The second-order valence-corrected chi connectivity index (χ2v) is 6.77. The van der Waals surface area contributed by atoms with Crippen molar-refractivity contribution in [2.24, 2.45) is 10.7 Å². The molecule has 0 aliphatic heterocycles. The van der Waals surface area contributed by atoms with Crippen molar-refractivity contribution in [2.75, 3.05) is 11.9 Å². The molecule has 6 heteroatoms. The van der Waals surface area contributed by atoms with Crippen LogP contribution in [0.3, 0.4) is 0 Å². The lowest BCUT2D eigenvalue weighted by atomic mass is 10.3. The van der Waals surface area contributed by atoms with Crippen LogP contribution >= 0.6 is 11.3 Å². The van der Waals surface area contributed by atoms with E-state index in [0.717, 1.165) is 28.6 Å². The average Bonchev–Trinajstić information content (AvgIpc) is 3.01. The summed E-state index contributed by atoms with van der Waals surface area (Å²) < 4.78 is 5.81. The lowest BCUT2D eigenvalue weighted by Crippen LogP contribution is -2.23. The molecule has 3 N–H and O–H groups in total. The first-order chi connectivity index (χ1) is 12.2. The Balaban J connectivity index is 1.56. The van der Waals surface area contributed by atoms with Crippen LogP contribution in [-0.4, -0.2) is 17.5 Å². The van der Waals surface area contributed by atoms with E-state index < -0.39 is 0 Å². The van der Waals surface area contributed by atoms with Crippen LogP contribution in [-0.2, 0) is 6.42 Å². The van der Waals surface area contributed by atoms with Gasteiger partial charge in [-0.2, -0.15) is 0 Å². The number of aryl methyl sites for hydroxylation is 1. The third-order valence-electron chi connectivity index (χ3n) is 3.36. The standard InChI is InChI=1S/C19H20N4OS/c1-14-13-22-18(25-14)10-11-21-19(20)23-15-6-5-9-17(12-15)24-16-7-3-2-4-8-16/h2-9,12-13H,10-11H2,1H3,(H3,20,21,23). The number of nitrogens with one attached hydrogen (secondary N) is 1. The number of anilines is 1. The first-order valence-corrected chi connectivity index (χ1v) is 8.82. The van der Waals surface area contributed by atoms with Gasteiger partial charge in [-0.25, -0.2) is 4.98 Å². The third kappa shape index (κ3) is 5.32. The van der Waals surface area contributed by atoms with Gasteiger partial charge in [0.2, 0.25) is 0 Å². The van der Waals surface area contributed by atoms with Gasteiger partial charge < -0.3 is 15.8 Å². The van der Waals surface area contributed by atoms with Crippen molar-refractivity contribution in [2.45, 2.75) is 13.3 Å². The van der Waals surface area contributed by atoms with Crippen LogP contribution in [0.4, 0.5) is 5.69 Å². The minimum Gasteiger partial charge on any atom is -0.457 e. The molecule has 1 aromatic heterocycles. The van der Waals surface area contributed by atoms with Crippen molar-refractivity contribution in [1.82, 2.24) is 4.98 Å². The Kier molecular flexibility index (Phi) is 5.64. The second-order valence-electron chi connectivity index (χ2n) is 5.45. The van der Waals surface area contributed by atoms with E-state index in [4.69, 9.17) is 10.5 Å². The summed E-state index contributed by atoms with van der Waals surface area (Å²) in [5.74, 6) is 1.91. The number of aliphatic imine (C=N–C) groups is 1. The van der Waals surface area contributed by atoms with Crippen LogP contribution in [0.5, 0.6) is 11.5 Å². The Bertz CT molecular complexity index is 845. The van der Waals surface area contributed by atoms with Crippen molar-refractivity contribution >= 4 is 23.0 Å². The zero-order chi connectivity index (χ0) is 17.5. The molecule has 0 radical (unpaired) electrons. The Hall–Kier alpha value is -2.86. The Morgan fingerprint density at radius 3 is 2.72 bits per heavy atom. The monoisotopic (exact) mass is 352 g/mol. The van der Waals surface area contributed by atoms with E-state index in [1.54, 1.807) is 11.3 Å². The van der Waals surface area contributed by atoms with Crippen molar-refractivity contribution in [1.29, 1.82) is 0 Å². The molecule has 2 aromatic carbocycles. The normalized spacial score (nSPS) is 11.3. The molecule has 0 aliphatic rings. The van der Waals surface area contributed by atoms with Gasteiger partial charge in [-0.15, -0.1) is 11.3 Å². The summed E-state index contributed by atoms with van der Waals surface area (Å²) in [6.07, 6.45) is 2.67. The maximum Gasteiger partial charge on any atom is 0.193 e. The number of guanidine groups is 1. The fourth-order valence-electron chi connectivity index (χ4n) is 2.24. The van der Waals surface area contributed by atoms with E-state index in [1.165, 1.54) is 4.88 Å². The molecule has 0 atom stereocenters. The van der Waals surface area contributed by atoms with Gasteiger partial charge >= 0.3 is 0 Å². The maximum absolute atomic E-state index is 5.96. The van der Waals surface area contributed by atoms with Crippen LogP contribution in [0, 0.1) is 6.92 Å². The molecule has 0 saturated carbocycles. The molecule has 0 spiro atoms. The predicted octanol–water partition coefficient (Wildman–Crippen LogP) is 4.21. The molecule has 0 amide bonds. The van der Waals surface area contributed by atoms with Crippen molar-refractivity contribution < 1.29 is 4.74 Å². The number of hydrogen-bond donors (Lipinski definition) is 2. The van der Waals surface area contributed by atoms with Gasteiger partial charge in [0.15, 0.2) is 5.96 Å². The largest absolute Gasteiger partial charge is 0.457 e. The van der Waals surface area contributed by atoms with Crippen molar-refractivity contribution in [3.8, 4) is 11.5 Å². The lowest BCUT2D eigenvalue weighted by Gasteiger charge is -2.09. The number of benzene rings is 2. The van der Waals surface area contributed by atoms with E-state index in [0.29, 0.717) is 12.5 Å².